The molecule has 0 bridgehead atoms. The number of hydrogen-bond acceptors (Lipinski definition) is 4. The molecule has 0 saturated heterocycles. The van der Waals surface area contributed by atoms with Crippen LogP contribution in [0.5, 0.6) is 5.75 Å². The first-order chi connectivity index (χ1) is 17.3. The van der Waals surface area contributed by atoms with Crippen molar-refractivity contribution in [3.63, 3.8) is 0 Å². The first-order valence-corrected chi connectivity index (χ1v) is 12.9. The zero-order valence-corrected chi connectivity index (χ0v) is 21.2. The largest absolute Gasteiger partial charge is 0.496 e. The monoisotopic (exact) mass is 500 g/mol. The van der Waals surface area contributed by atoms with Crippen molar-refractivity contribution in [1.82, 2.24) is 0 Å². The molecule has 7 heteroatoms. The van der Waals surface area contributed by atoms with Crippen molar-refractivity contribution < 1.29 is 17.9 Å². The normalized spacial score (nSPS) is 11.1. The van der Waals surface area contributed by atoms with E-state index in [-0.39, 0.29) is 17.3 Å². The number of ether oxygens (including phenoxy) is 1. The van der Waals surface area contributed by atoms with Crippen molar-refractivity contribution in [3.8, 4) is 5.75 Å². The number of nitrogens with zero attached hydrogens (tertiary/aromatic N) is 1. The maximum atomic E-state index is 13.6. The molecule has 4 aromatic carbocycles. The van der Waals surface area contributed by atoms with Crippen LogP contribution in [0, 0.1) is 13.8 Å². The number of anilines is 2. The van der Waals surface area contributed by atoms with Gasteiger partial charge in [0.15, 0.2) is 0 Å². The van der Waals surface area contributed by atoms with Crippen LogP contribution in [0.3, 0.4) is 0 Å². The maximum absolute atomic E-state index is 13.6. The third-order valence-electron chi connectivity index (χ3n) is 6.00. The van der Waals surface area contributed by atoms with E-state index in [0.29, 0.717) is 22.7 Å². The van der Waals surface area contributed by atoms with Crippen LogP contribution in [0.1, 0.15) is 27.0 Å². The van der Waals surface area contributed by atoms with Crippen molar-refractivity contribution in [1.29, 1.82) is 0 Å². The number of aryl methyl sites for hydroxylation is 2. The van der Waals surface area contributed by atoms with Crippen molar-refractivity contribution in [2.24, 2.45) is 0 Å². The lowest BCUT2D eigenvalue weighted by atomic mass is 10.1. The van der Waals surface area contributed by atoms with E-state index in [4.69, 9.17) is 4.74 Å². The zero-order chi connectivity index (χ0) is 25.7. The summed E-state index contributed by atoms with van der Waals surface area (Å²) in [5, 5.41) is 2.86. The minimum absolute atomic E-state index is 0.139. The fourth-order valence-electron chi connectivity index (χ4n) is 3.81. The minimum Gasteiger partial charge on any atom is -0.496 e. The smallest absolute Gasteiger partial charge is 0.264 e. The highest BCUT2D eigenvalue weighted by Gasteiger charge is 2.25. The summed E-state index contributed by atoms with van der Waals surface area (Å²) in [7, 11) is -2.29. The second-order valence-electron chi connectivity index (χ2n) is 8.44. The Hall–Kier alpha value is -4.10. The van der Waals surface area contributed by atoms with Gasteiger partial charge in [-0.15, -0.1) is 0 Å². The second-order valence-corrected chi connectivity index (χ2v) is 10.3. The molecular weight excluding hydrogens is 472 g/mol. The quantitative estimate of drug-likeness (QED) is 0.324. The summed E-state index contributed by atoms with van der Waals surface area (Å²) in [6.45, 7) is 4.10. The number of benzene rings is 4. The second kappa shape index (κ2) is 10.7. The van der Waals surface area contributed by atoms with Crippen LogP contribution in [0.15, 0.2) is 102 Å². The fourth-order valence-corrected chi connectivity index (χ4v) is 5.27. The van der Waals surface area contributed by atoms with Gasteiger partial charge in [-0.1, -0.05) is 48.5 Å². The van der Waals surface area contributed by atoms with Crippen LogP contribution in [0.4, 0.5) is 11.4 Å². The molecule has 0 spiro atoms. The molecule has 0 aliphatic rings. The Morgan fingerprint density at radius 2 is 1.50 bits per heavy atom. The molecule has 0 aliphatic heterocycles. The van der Waals surface area contributed by atoms with Gasteiger partial charge >= 0.3 is 0 Å². The number of carbonyl (C=O) groups is 1. The molecule has 0 aliphatic carbocycles. The van der Waals surface area contributed by atoms with E-state index in [2.05, 4.69) is 5.32 Å². The van der Waals surface area contributed by atoms with Crippen LogP contribution in [-0.4, -0.2) is 21.4 Å². The van der Waals surface area contributed by atoms with Gasteiger partial charge in [-0.05, 0) is 79.1 Å². The van der Waals surface area contributed by atoms with Gasteiger partial charge in [-0.2, -0.15) is 0 Å². The third kappa shape index (κ3) is 5.42. The van der Waals surface area contributed by atoms with Crippen molar-refractivity contribution in [2.45, 2.75) is 25.3 Å². The summed E-state index contributed by atoms with van der Waals surface area (Å²) in [5.41, 5.74) is 4.50. The summed E-state index contributed by atoms with van der Waals surface area (Å²) in [6.07, 6.45) is 0. The van der Waals surface area contributed by atoms with Crippen LogP contribution >= 0.6 is 0 Å². The molecule has 0 unspecified atom stereocenters. The molecule has 184 valence electrons. The molecule has 0 radical (unpaired) electrons. The Kier molecular flexibility index (Phi) is 7.41. The number of carbonyl (C=O) groups excluding carboxylic acids is 1. The number of nitrogens with one attached hydrogen (secondary N) is 1. The number of rotatable bonds is 8. The van der Waals surface area contributed by atoms with Crippen LogP contribution in [0.25, 0.3) is 0 Å². The predicted molar refractivity (Wildman–Crippen MR) is 143 cm³/mol. The summed E-state index contributed by atoms with van der Waals surface area (Å²) in [4.78, 5) is 12.9. The minimum atomic E-state index is -3.81. The van der Waals surface area contributed by atoms with Gasteiger partial charge in [0.2, 0.25) is 0 Å². The molecule has 6 nitrogen and oxygen atoms in total. The molecule has 4 rings (SSSR count). The Bertz CT molecular complexity index is 1470. The van der Waals surface area contributed by atoms with Crippen LogP contribution in [0.2, 0.25) is 0 Å². The van der Waals surface area contributed by atoms with Gasteiger partial charge in [0.1, 0.15) is 5.75 Å². The average molecular weight is 501 g/mol. The summed E-state index contributed by atoms with van der Waals surface area (Å²) in [6, 6.07) is 28.2. The Morgan fingerprint density at radius 3 is 2.17 bits per heavy atom. The highest BCUT2D eigenvalue weighted by atomic mass is 32.2. The number of sulfonamides is 1. The standard InChI is InChI=1S/C29H28N2O4S/c1-21-13-18-25(19-22(21)2)31(36(33,34)26-9-5-4-6-10-26)20-23-14-16-24(17-15-23)30-29(32)27-11-7-8-12-28(27)35-3/h4-19H,20H2,1-3H3,(H,30,32). The highest BCUT2D eigenvalue weighted by molar-refractivity contribution is 7.92. The van der Waals surface area contributed by atoms with E-state index in [1.165, 1.54) is 11.4 Å². The average Bonchev–Trinajstić information content (AvgIpc) is 2.90. The van der Waals surface area contributed by atoms with E-state index < -0.39 is 10.0 Å². The summed E-state index contributed by atoms with van der Waals surface area (Å²) >= 11 is 0. The van der Waals surface area contributed by atoms with Crippen LogP contribution < -0.4 is 14.4 Å². The molecule has 0 fully saturated rings. The molecule has 1 N–H and O–H groups in total. The first-order valence-electron chi connectivity index (χ1n) is 11.5. The number of para-hydroxylation sites is 1. The van der Waals surface area contributed by atoms with Gasteiger partial charge in [0.25, 0.3) is 15.9 Å². The van der Waals surface area contributed by atoms with Crippen molar-refractivity contribution >= 4 is 27.3 Å². The Labute approximate surface area is 212 Å². The zero-order valence-electron chi connectivity index (χ0n) is 20.4. The lowest BCUT2D eigenvalue weighted by Gasteiger charge is -2.25. The molecule has 36 heavy (non-hydrogen) atoms. The molecule has 4 aromatic rings. The van der Waals surface area contributed by atoms with Crippen molar-refractivity contribution in [3.05, 3.63) is 119 Å². The first kappa shape index (κ1) is 25.0. The molecule has 0 aromatic heterocycles. The third-order valence-corrected chi connectivity index (χ3v) is 7.79. The van der Waals surface area contributed by atoms with E-state index >= 15 is 0 Å². The van der Waals surface area contributed by atoms with Crippen molar-refractivity contribution in [2.75, 3.05) is 16.7 Å². The van der Waals surface area contributed by atoms with Gasteiger partial charge in [0.05, 0.1) is 29.8 Å². The molecule has 0 atom stereocenters. The van der Waals surface area contributed by atoms with E-state index in [9.17, 15) is 13.2 Å². The number of amides is 1. The van der Waals surface area contributed by atoms with Gasteiger partial charge in [0, 0.05) is 5.69 Å². The van der Waals surface area contributed by atoms with Gasteiger partial charge in [-0.25, -0.2) is 8.42 Å². The number of methoxy groups -OCH3 is 1. The van der Waals surface area contributed by atoms with E-state index in [1.807, 2.05) is 44.2 Å². The highest BCUT2D eigenvalue weighted by Crippen LogP contribution is 2.28. The SMILES string of the molecule is COc1ccccc1C(=O)Nc1ccc(CN(c2ccc(C)c(C)c2)S(=O)(=O)c2ccccc2)cc1. The van der Waals surface area contributed by atoms with Gasteiger partial charge in [-0.3, -0.25) is 9.10 Å². The topological polar surface area (TPSA) is 75.7 Å². The number of hydrogen-bond donors (Lipinski definition) is 1. The molecule has 0 saturated carbocycles. The Morgan fingerprint density at radius 1 is 0.833 bits per heavy atom. The van der Waals surface area contributed by atoms with Crippen LogP contribution in [-0.2, 0) is 16.6 Å². The predicted octanol–water partition coefficient (Wildman–Crippen LogP) is 5.96. The maximum Gasteiger partial charge on any atom is 0.264 e. The molecule has 1 amide bonds. The fraction of sp³-hybridized carbons (Fsp3) is 0.138. The summed E-state index contributed by atoms with van der Waals surface area (Å²) in [5.74, 6) is 0.199. The Balaban J connectivity index is 1.61. The van der Waals surface area contributed by atoms with E-state index in [0.717, 1.165) is 16.7 Å². The summed E-state index contributed by atoms with van der Waals surface area (Å²) < 4.78 is 33.9. The molecular formula is C29H28N2O4S. The van der Waals surface area contributed by atoms with E-state index in [1.54, 1.807) is 66.7 Å². The molecule has 0 heterocycles. The lowest BCUT2D eigenvalue weighted by molar-refractivity contribution is 0.102. The van der Waals surface area contributed by atoms with Gasteiger partial charge < -0.3 is 10.1 Å². The lowest BCUT2D eigenvalue weighted by Crippen LogP contribution is -2.30.